The number of aromatic nitrogens is 2. The van der Waals surface area contributed by atoms with Crippen LogP contribution in [0.4, 0.5) is 0 Å². The molecule has 3 nitrogen and oxygen atoms in total. The minimum absolute atomic E-state index is 0.0640. The van der Waals surface area contributed by atoms with Gasteiger partial charge in [0.1, 0.15) is 11.5 Å². The second-order valence-electron chi connectivity index (χ2n) is 14.9. The Morgan fingerprint density at radius 2 is 1.09 bits per heavy atom. The average molecular weight is 717 g/mol. The van der Waals surface area contributed by atoms with Crippen molar-refractivity contribution in [3.05, 3.63) is 234 Å². The van der Waals surface area contributed by atoms with Crippen LogP contribution < -0.4 is 4.74 Å². The summed E-state index contributed by atoms with van der Waals surface area (Å²) >= 11 is 0. The molecule has 1 aromatic heterocycles. The van der Waals surface area contributed by atoms with Gasteiger partial charge in [0.2, 0.25) is 0 Å². The van der Waals surface area contributed by atoms with Crippen LogP contribution in [0.3, 0.4) is 0 Å². The predicted molar refractivity (Wildman–Crippen MR) is 227 cm³/mol. The third-order valence-electron chi connectivity index (χ3n) is 11.7. The molecule has 2 heterocycles. The maximum Gasteiger partial charge on any atom is 0.160 e. The Hall–Kier alpha value is -7.10. The maximum absolute atomic E-state index is 6.84. The van der Waals surface area contributed by atoms with Crippen LogP contribution >= 0.6 is 0 Å². The van der Waals surface area contributed by atoms with Gasteiger partial charge in [-0.2, -0.15) is 0 Å². The molecule has 8 aromatic rings. The van der Waals surface area contributed by atoms with E-state index in [0.29, 0.717) is 0 Å². The van der Waals surface area contributed by atoms with Crippen LogP contribution in [0.2, 0.25) is 0 Å². The summed E-state index contributed by atoms with van der Waals surface area (Å²) < 4.78 is 6.84. The number of ether oxygens (including phenoxy) is 1. The average Bonchev–Trinajstić information content (AvgIpc) is 3.57. The lowest BCUT2D eigenvalue weighted by molar-refractivity contribution is 0.436. The smallest absolute Gasteiger partial charge is 0.160 e. The second kappa shape index (κ2) is 13.0. The molecule has 3 aliphatic rings. The summed E-state index contributed by atoms with van der Waals surface area (Å²) in [5.74, 6) is 2.59. The molecule has 1 aliphatic heterocycles. The van der Waals surface area contributed by atoms with E-state index in [0.717, 1.165) is 57.4 Å². The van der Waals surface area contributed by atoms with E-state index in [1.54, 1.807) is 0 Å². The van der Waals surface area contributed by atoms with E-state index in [1.165, 1.54) is 44.5 Å². The molecule has 264 valence electrons. The molecule has 0 saturated heterocycles. The third-order valence-corrected chi connectivity index (χ3v) is 11.7. The number of nitrogens with zero attached hydrogens (tertiary/aromatic N) is 2. The van der Waals surface area contributed by atoms with Gasteiger partial charge in [0.25, 0.3) is 0 Å². The van der Waals surface area contributed by atoms with E-state index in [1.807, 2.05) is 18.2 Å². The Morgan fingerprint density at radius 1 is 0.464 bits per heavy atom. The lowest BCUT2D eigenvalue weighted by Gasteiger charge is -2.39. The Morgan fingerprint density at radius 3 is 1.86 bits per heavy atom. The number of hydrogen-bond donors (Lipinski definition) is 0. The van der Waals surface area contributed by atoms with Crippen molar-refractivity contribution >= 4 is 5.57 Å². The molecule has 0 N–H and O–H groups in total. The van der Waals surface area contributed by atoms with Crippen LogP contribution in [0.1, 0.15) is 45.8 Å². The van der Waals surface area contributed by atoms with Crippen molar-refractivity contribution in [2.45, 2.75) is 17.8 Å². The minimum Gasteiger partial charge on any atom is -0.457 e. The van der Waals surface area contributed by atoms with Gasteiger partial charge in [-0.3, -0.25) is 0 Å². The van der Waals surface area contributed by atoms with Gasteiger partial charge in [0.05, 0.1) is 16.8 Å². The quantitative estimate of drug-likeness (QED) is 0.178. The number of fused-ring (bicyclic) bond motifs is 9. The van der Waals surface area contributed by atoms with Gasteiger partial charge < -0.3 is 4.74 Å². The number of allylic oxidation sites excluding steroid dienone is 4. The number of benzene rings is 7. The van der Waals surface area contributed by atoms with Crippen molar-refractivity contribution in [1.82, 2.24) is 9.97 Å². The van der Waals surface area contributed by atoms with Gasteiger partial charge in [0, 0.05) is 28.2 Å². The fourth-order valence-corrected chi connectivity index (χ4v) is 9.17. The molecule has 2 aliphatic carbocycles. The summed E-state index contributed by atoms with van der Waals surface area (Å²) in [4.78, 5) is 10.4. The second-order valence-corrected chi connectivity index (χ2v) is 14.9. The van der Waals surface area contributed by atoms with Crippen LogP contribution in [-0.2, 0) is 5.41 Å². The zero-order chi connectivity index (χ0) is 37.1. The normalized spacial score (nSPS) is 15.6. The van der Waals surface area contributed by atoms with Gasteiger partial charge in [-0.05, 0) is 75.2 Å². The minimum atomic E-state index is -0.470. The van der Waals surface area contributed by atoms with Crippen molar-refractivity contribution in [3.63, 3.8) is 0 Å². The van der Waals surface area contributed by atoms with Crippen LogP contribution in [0.15, 0.2) is 200 Å². The van der Waals surface area contributed by atoms with Crippen molar-refractivity contribution in [1.29, 1.82) is 0 Å². The summed E-state index contributed by atoms with van der Waals surface area (Å²) in [6.45, 7) is 0. The molecule has 56 heavy (non-hydrogen) atoms. The Bertz CT molecular complexity index is 2830. The van der Waals surface area contributed by atoms with Gasteiger partial charge in [-0.1, -0.05) is 176 Å². The van der Waals surface area contributed by atoms with E-state index in [4.69, 9.17) is 14.7 Å². The maximum atomic E-state index is 6.84. The van der Waals surface area contributed by atoms with Crippen molar-refractivity contribution in [2.24, 2.45) is 0 Å². The van der Waals surface area contributed by atoms with Crippen LogP contribution in [-0.4, -0.2) is 9.97 Å². The lowest BCUT2D eigenvalue weighted by Crippen LogP contribution is -2.32. The zero-order valence-corrected chi connectivity index (χ0v) is 30.6. The molecule has 0 saturated carbocycles. The van der Waals surface area contributed by atoms with E-state index in [2.05, 4.69) is 182 Å². The van der Waals surface area contributed by atoms with Gasteiger partial charge >= 0.3 is 0 Å². The Kier molecular flexibility index (Phi) is 7.53. The highest BCUT2D eigenvalue weighted by Crippen LogP contribution is 2.62. The van der Waals surface area contributed by atoms with Crippen molar-refractivity contribution in [2.75, 3.05) is 0 Å². The molecule has 0 fully saturated rings. The molecule has 0 radical (unpaired) electrons. The van der Waals surface area contributed by atoms with Crippen LogP contribution in [0.5, 0.6) is 11.5 Å². The monoisotopic (exact) mass is 716 g/mol. The highest BCUT2D eigenvalue weighted by atomic mass is 16.5. The molecule has 1 spiro atoms. The van der Waals surface area contributed by atoms with Gasteiger partial charge in [0.15, 0.2) is 5.82 Å². The zero-order valence-electron chi connectivity index (χ0n) is 30.6. The Labute approximate surface area is 327 Å². The van der Waals surface area contributed by atoms with E-state index in [-0.39, 0.29) is 5.92 Å². The molecular weight excluding hydrogens is 681 g/mol. The van der Waals surface area contributed by atoms with E-state index >= 15 is 0 Å². The standard InChI is InChI=1S/C53H36N2O/c1-3-15-35(16-4-1)37-19-13-21-40(31-37)48-34-49(55-52(54-48)36-17-5-2-6-18-36)41-22-14-20-38(32-41)39-29-30-47-51(33-39)56-50-28-12-11-27-46(50)53(47)44-25-9-7-23-42(44)43-24-8-10-26-45(43)53/h1-31,33-34,41H,32H2. The summed E-state index contributed by atoms with van der Waals surface area (Å²) in [6, 6.07) is 64.8. The molecule has 1 unspecified atom stereocenters. The first-order chi connectivity index (χ1) is 27.7. The molecule has 11 rings (SSSR count). The largest absolute Gasteiger partial charge is 0.457 e. The Balaban J connectivity index is 0.989. The topological polar surface area (TPSA) is 35.0 Å². The molecule has 0 amide bonds. The fraction of sp³-hybridized carbons (Fsp3) is 0.0566. The van der Waals surface area contributed by atoms with E-state index in [9.17, 15) is 0 Å². The number of para-hydroxylation sites is 1. The molecule has 1 atom stereocenters. The summed E-state index contributed by atoms with van der Waals surface area (Å²) in [7, 11) is 0. The highest BCUT2D eigenvalue weighted by molar-refractivity contribution is 5.89. The van der Waals surface area contributed by atoms with Crippen molar-refractivity contribution < 1.29 is 4.74 Å². The third kappa shape index (κ3) is 5.12. The van der Waals surface area contributed by atoms with Crippen molar-refractivity contribution in [3.8, 4) is 56.4 Å². The summed E-state index contributed by atoms with van der Waals surface area (Å²) in [5, 5.41) is 0. The first-order valence-corrected chi connectivity index (χ1v) is 19.3. The molecule has 0 bridgehead atoms. The first kappa shape index (κ1) is 32.3. The first-order valence-electron chi connectivity index (χ1n) is 19.3. The molecular formula is C53H36N2O. The van der Waals surface area contributed by atoms with Crippen LogP contribution in [0, 0.1) is 0 Å². The number of rotatable bonds is 5. The summed E-state index contributed by atoms with van der Waals surface area (Å²) in [6.07, 6.45) is 7.51. The van der Waals surface area contributed by atoms with Gasteiger partial charge in [-0.15, -0.1) is 0 Å². The van der Waals surface area contributed by atoms with Gasteiger partial charge in [-0.25, -0.2) is 9.97 Å². The lowest BCUT2D eigenvalue weighted by atomic mass is 9.66. The number of hydrogen-bond acceptors (Lipinski definition) is 3. The highest BCUT2D eigenvalue weighted by Gasteiger charge is 2.50. The summed E-state index contributed by atoms with van der Waals surface area (Å²) in [5.41, 5.74) is 15.8. The molecule has 3 heteroatoms. The SMILES string of the molecule is C1=CC(c2cc(-c3cccc(-c4ccccc4)c3)nc(-c3ccccc3)n2)CC(c2ccc3c(c2)Oc2ccccc2C32c3ccccc3-c3ccccc32)=C1. The predicted octanol–water partition coefficient (Wildman–Crippen LogP) is 13.1. The fourth-order valence-electron chi connectivity index (χ4n) is 9.17. The molecule has 7 aromatic carbocycles. The van der Waals surface area contributed by atoms with Crippen LogP contribution in [0.25, 0.3) is 50.5 Å². The van der Waals surface area contributed by atoms with E-state index < -0.39 is 5.41 Å².